The Kier molecular flexibility index (Phi) is 10.4. The molecule has 0 aliphatic rings. The van der Waals surface area contributed by atoms with Gasteiger partial charge in [-0.15, -0.1) is 24.0 Å². The summed E-state index contributed by atoms with van der Waals surface area (Å²) in [6, 6.07) is 6.13. The molecule has 0 fully saturated rings. The average Bonchev–Trinajstić information content (AvgIpc) is 2.42. The van der Waals surface area contributed by atoms with Gasteiger partial charge in [0.25, 0.3) is 0 Å². The van der Waals surface area contributed by atoms with Crippen LogP contribution < -0.4 is 10.6 Å². The monoisotopic (exact) mass is 482 g/mol. The van der Waals surface area contributed by atoms with Crippen LogP contribution in [0.4, 0.5) is 0 Å². The lowest BCUT2D eigenvalue weighted by Crippen LogP contribution is -2.42. The predicted molar refractivity (Wildman–Crippen MR) is 106 cm³/mol. The van der Waals surface area contributed by atoms with Crippen molar-refractivity contribution < 1.29 is 4.79 Å². The number of nitrogens with one attached hydrogen (secondary N) is 2. The molecule has 22 heavy (non-hydrogen) atoms. The van der Waals surface area contributed by atoms with Crippen LogP contribution in [0.1, 0.15) is 18.1 Å². The molecule has 0 aliphatic heterocycles. The third-order valence-corrected chi connectivity index (χ3v) is 3.46. The Morgan fingerprint density at radius 1 is 1.32 bits per heavy atom. The van der Waals surface area contributed by atoms with Gasteiger partial charge in [-0.3, -0.25) is 4.79 Å². The van der Waals surface area contributed by atoms with Gasteiger partial charge in [-0.05, 0) is 37.1 Å². The van der Waals surface area contributed by atoms with Gasteiger partial charge in [-0.25, -0.2) is 4.99 Å². The highest BCUT2D eigenvalue weighted by Gasteiger charge is 2.05. The van der Waals surface area contributed by atoms with Crippen molar-refractivity contribution in [2.24, 2.45) is 4.99 Å². The predicted octanol–water partition coefficient (Wildman–Crippen LogP) is 2.52. The van der Waals surface area contributed by atoms with E-state index < -0.39 is 0 Å². The van der Waals surface area contributed by atoms with Crippen LogP contribution in [0.5, 0.6) is 0 Å². The Morgan fingerprint density at radius 3 is 2.55 bits per heavy atom. The normalized spacial score (nSPS) is 10.7. The average molecular weight is 483 g/mol. The molecule has 0 radical (unpaired) electrons. The van der Waals surface area contributed by atoms with E-state index in [-0.39, 0.29) is 36.4 Å². The minimum Gasteiger partial charge on any atom is -0.357 e. The van der Waals surface area contributed by atoms with E-state index in [0.29, 0.717) is 12.5 Å². The van der Waals surface area contributed by atoms with Gasteiger partial charge >= 0.3 is 0 Å². The van der Waals surface area contributed by atoms with E-state index in [1.165, 1.54) is 5.56 Å². The zero-order valence-corrected chi connectivity index (χ0v) is 17.4. The summed E-state index contributed by atoms with van der Waals surface area (Å²) < 4.78 is 1.06. The Hall–Kier alpha value is -0.830. The third-order valence-electron chi connectivity index (χ3n) is 2.96. The third kappa shape index (κ3) is 7.44. The van der Waals surface area contributed by atoms with Crippen LogP contribution in [0.2, 0.25) is 0 Å². The standard InChI is InChI=1S/C15H23BrN4O.HI/c1-5-17-15(19-10-14(21)20(3)4)18-9-12-6-7-13(16)8-11(12)2;/h6-8H,5,9-10H2,1-4H3,(H2,17,18,19);1H. The molecule has 0 saturated carbocycles. The second-order valence-electron chi connectivity index (χ2n) is 4.91. The van der Waals surface area contributed by atoms with E-state index in [2.05, 4.69) is 50.6 Å². The van der Waals surface area contributed by atoms with E-state index in [9.17, 15) is 4.79 Å². The summed E-state index contributed by atoms with van der Waals surface area (Å²) in [5.74, 6) is 0.662. The number of guanidine groups is 1. The van der Waals surface area contributed by atoms with Gasteiger partial charge in [0.1, 0.15) is 0 Å². The Bertz CT molecular complexity index is 520. The number of hydrogen-bond acceptors (Lipinski definition) is 2. The van der Waals surface area contributed by atoms with E-state index in [0.717, 1.165) is 16.6 Å². The molecule has 1 rings (SSSR count). The number of hydrogen-bond donors (Lipinski definition) is 2. The zero-order valence-electron chi connectivity index (χ0n) is 13.4. The maximum absolute atomic E-state index is 11.6. The minimum absolute atomic E-state index is 0. The summed E-state index contributed by atoms with van der Waals surface area (Å²) in [4.78, 5) is 17.7. The molecule has 0 heterocycles. The van der Waals surface area contributed by atoms with Gasteiger partial charge in [0.2, 0.25) is 5.91 Å². The van der Waals surface area contributed by atoms with Gasteiger partial charge in [0, 0.05) is 25.1 Å². The molecule has 2 N–H and O–H groups in total. The SMILES string of the molecule is CCNC(=NCc1ccc(Br)cc1C)NCC(=O)N(C)C.I. The Balaban J connectivity index is 0.00000441. The highest BCUT2D eigenvalue weighted by Crippen LogP contribution is 2.16. The number of aliphatic imine (C=N–C) groups is 1. The zero-order chi connectivity index (χ0) is 15.8. The number of rotatable bonds is 5. The van der Waals surface area contributed by atoms with Gasteiger partial charge in [-0.1, -0.05) is 22.0 Å². The van der Waals surface area contributed by atoms with Crippen molar-refractivity contribution in [3.8, 4) is 0 Å². The summed E-state index contributed by atoms with van der Waals surface area (Å²) in [5.41, 5.74) is 2.35. The number of aryl methyl sites for hydroxylation is 1. The number of benzene rings is 1. The van der Waals surface area contributed by atoms with Crippen LogP contribution in [0, 0.1) is 6.92 Å². The molecule has 1 aromatic rings. The van der Waals surface area contributed by atoms with Gasteiger partial charge in [-0.2, -0.15) is 0 Å². The van der Waals surface area contributed by atoms with Crippen molar-refractivity contribution in [3.05, 3.63) is 33.8 Å². The first kappa shape index (κ1) is 21.2. The Morgan fingerprint density at radius 2 is 2.00 bits per heavy atom. The molecule has 7 heteroatoms. The summed E-state index contributed by atoms with van der Waals surface area (Å²) in [5, 5.41) is 6.18. The van der Waals surface area contributed by atoms with Gasteiger partial charge in [0.05, 0.1) is 13.1 Å². The lowest BCUT2D eigenvalue weighted by molar-refractivity contribution is -0.127. The lowest BCUT2D eigenvalue weighted by atomic mass is 10.1. The summed E-state index contributed by atoms with van der Waals surface area (Å²) in [6.07, 6.45) is 0. The minimum atomic E-state index is 0. The van der Waals surface area contributed by atoms with E-state index in [1.54, 1.807) is 19.0 Å². The van der Waals surface area contributed by atoms with Crippen molar-refractivity contribution in [1.29, 1.82) is 0 Å². The molecule has 0 bridgehead atoms. The smallest absolute Gasteiger partial charge is 0.241 e. The molecule has 0 saturated heterocycles. The van der Waals surface area contributed by atoms with Crippen LogP contribution in [0.15, 0.2) is 27.7 Å². The molecule has 0 aromatic heterocycles. The first-order valence-corrected chi connectivity index (χ1v) is 7.70. The first-order chi connectivity index (χ1) is 9.93. The van der Waals surface area contributed by atoms with E-state index in [1.807, 2.05) is 13.0 Å². The first-order valence-electron chi connectivity index (χ1n) is 6.91. The molecule has 124 valence electrons. The summed E-state index contributed by atoms with van der Waals surface area (Å²) in [6.45, 7) is 5.62. The van der Waals surface area contributed by atoms with Crippen molar-refractivity contribution in [2.45, 2.75) is 20.4 Å². The second kappa shape index (κ2) is 10.8. The number of likely N-dealkylation sites (N-methyl/N-ethyl adjacent to an activating group) is 1. The topological polar surface area (TPSA) is 56.7 Å². The van der Waals surface area contributed by atoms with Crippen molar-refractivity contribution in [2.75, 3.05) is 27.2 Å². The second-order valence-corrected chi connectivity index (χ2v) is 5.82. The quantitative estimate of drug-likeness (QED) is 0.385. The molecular weight excluding hydrogens is 459 g/mol. The fourth-order valence-corrected chi connectivity index (χ4v) is 2.14. The van der Waals surface area contributed by atoms with E-state index in [4.69, 9.17) is 0 Å². The van der Waals surface area contributed by atoms with Crippen LogP contribution in [0.3, 0.4) is 0 Å². The number of nitrogens with zero attached hydrogens (tertiary/aromatic N) is 2. The van der Waals surface area contributed by atoms with Gasteiger partial charge in [0.15, 0.2) is 5.96 Å². The fraction of sp³-hybridized carbons (Fsp3) is 0.467. The molecule has 1 aromatic carbocycles. The van der Waals surface area contributed by atoms with Crippen molar-refractivity contribution in [3.63, 3.8) is 0 Å². The maximum Gasteiger partial charge on any atom is 0.241 e. The van der Waals surface area contributed by atoms with Crippen molar-refractivity contribution >= 4 is 51.8 Å². The molecule has 0 spiro atoms. The maximum atomic E-state index is 11.6. The summed E-state index contributed by atoms with van der Waals surface area (Å²) in [7, 11) is 3.47. The molecule has 5 nitrogen and oxygen atoms in total. The van der Waals surface area contributed by atoms with Gasteiger partial charge < -0.3 is 15.5 Å². The molecule has 0 atom stereocenters. The number of halogens is 2. The fourth-order valence-electron chi connectivity index (χ4n) is 1.66. The largest absolute Gasteiger partial charge is 0.357 e. The molecule has 1 amide bonds. The van der Waals surface area contributed by atoms with Crippen LogP contribution in [0.25, 0.3) is 0 Å². The molecular formula is C15H24BrIN4O. The highest BCUT2D eigenvalue weighted by molar-refractivity contribution is 14.0. The number of carbonyl (C=O) groups is 1. The van der Waals surface area contributed by atoms with Crippen LogP contribution in [-0.4, -0.2) is 44.0 Å². The lowest BCUT2D eigenvalue weighted by Gasteiger charge is -2.14. The van der Waals surface area contributed by atoms with Crippen LogP contribution in [-0.2, 0) is 11.3 Å². The number of amides is 1. The number of carbonyl (C=O) groups excluding carboxylic acids is 1. The van der Waals surface area contributed by atoms with Crippen molar-refractivity contribution in [1.82, 2.24) is 15.5 Å². The summed E-state index contributed by atoms with van der Waals surface area (Å²) >= 11 is 3.45. The molecule has 0 unspecified atom stereocenters. The van der Waals surface area contributed by atoms with E-state index >= 15 is 0 Å². The highest BCUT2D eigenvalue weighted by atomic mass is 127. The molecule has 0 aliphatic carbocycles. The van der Waals surface area contributed by atoms with Crippen LogP contribution >= 0.6 is 39.9 Å². The Labute approximate surface area is 158 Å².